The van der Waals surface area contributed by atoms with Crippen LogP contribution in [0.2, 0.25) is 10.0 Å². The van der Waals surface area contributed by atoms with Gasteiger partial charge in [-0.15, -0.1) is 0 Å². The molecule has 1 aliphatic carbocycles. The summed E-state index contributed by atoms with van der Waals surface area (Å²) in [5.74, 6) is -0.566. The van der Waals surface area contributed by atoms with E-state index in [0.29, 0.717) is 47.6 Å². The zero-order valence-corrected chi connectivity index (χ0v) is 28.3. The second-order valence-corrected chi connectivity index (χ2v) is 14.6. The average Bonchev–Trinajstić information content (AvgIpc) is 3.70. The lowest BCUT2D eigenvalue weighted by molar-refractivity contribution is -0.141. The van der Waals surface area contributed by atoms with Crippen LogP contribution in [0.3, 0.4) is 0 Å². The summed E-state index contributed by atoms with van der Waals surface area (Å²) in [5.41, 5.74) is 7.23. The van der Waals surface area contributed by atoms with E-state index in [-0.39, 0.29) is 17.9 Å². The number of hydrogen-bond acceptors (Lipinski definition) is 7. The van der Waals surface area contributed by atoms with E-state index < -0.39 is 5.97 Å². The number of hydrogen-bond donors (Lipinski definition) is 3. The first-order chi connectivity index (χ1) is 22.7. The number of benzene rings is 3. The molecule has 248 valence electrons. The molecule has 1 atom stereocenters. The highest BCUT2D eigenvalue weighted by Gasteiger charge is 2.37. The molecule has 3 aliphatic rings. The molecule has 3 heterocycles. The summed E-state index contributed by atoms with van der Waals surface area (Å²) >= 11 is 13.9. The van der Waals surface area contributed by atoms with Crippen molar-refractivity contribution in [3.63, 3.8) is 0 Å². The Kier molecular flexibility index (Phi) is 9.24. The maximum atomic E-state index is 11.4. The molecule has 3 fully saturated rings. The number of aliphatic hydroxyl groups is 1. The Hall–Kier alpha value is -3.14. The molecule has 1 aromatic heterocycles. The first kappa shape index (κ1) is 32.4. The Morgan fingerprint density at radius 3 is 2.49 bits per heavy atom. The van der Waals surface area contributed by atoms with Gasteiger partial charge in [0.25, 0.3) is 0 Å². The summed E-state index contributed by atoms with van der Waals surface area (Å²) in [6, 6.07) is 16.7. The zero-order chi connectivity index (χ0) is 32.7. The van der Waals surface area contributed by atoms with E-state index in [1.807, 2.05) is 24.3 Å². The van der Waals surface area contributed by atoms with Gasteiger partial charge in [0.05, 0.1) is 21.7 Å². The van der Waals surface area contributed by atoms with E-state index in [2.05, 4.69) is 46.3 Å². The van der Waals surface area contributed by atoms with Crippen LogP contribution in [0.5, 0.6) is 0 Å². The van der Waals surface area contributed by atoms with Gasteiger partial charge in [0.2, 0.25) is 5.89 Å². The highest BCUT2D eigenvalue weighted by molar-refractivity contribution is 6.36. The van der Waals surface area contributed by atoms with Crippen LogP contribution in [0.4, 0.5) is 5.69 Å². The van der Waals surface area contributed by atoms with E-state index in [1.54, 1.807) is 0 Å². The lowest BCUT2D eigenvalue weighted by Gasteiger charge is -2.42. The van der Waals surface area contributed by atoms with Gasteiger partial charge in [-0.1, -0.05) is 53.9 Å². The second kappa shape index (κ2) is 13.4. The van der Waals surface area contributed by atoms with Gasteiger partial charge in [-0.2, -0.15) is 0 Å². The quantitative estimate of drug-likeness (QED) is 0.160. The Bertz CT molecular complexity index is 1770. The number of anilines is 1. The molecule has 4 aromatic rings. The molecule has 10 heteroatoms. The predicted molar refractivity (Wildman–Crippen MR) is 187 cm³/mol. The van der Waals surface area contributed by atoms with Gasteiger partial charge in [-0.05, 0) is 86.5 Å². The normalized spacial score (nSPS) is 20.2. The molecular formula is C37H42Cl2N4O4. The van der Waals surface area contributed by atoms with Gasteiger partial charge in [0, 0.05) is 61.9 Å². The number of aliphatic hydroxyl groups excluding tert-OH is 1. The maximum absolute atomic E-state index is 11.4. The van der Waals surface area contributed by atoms with Crippen molar-refractivity contribution in [2.24, 2.45) is 11.3 Å². The SMILES string of the molecule is Cc1c(-c2nc3cc(CN4CC[C@@H](C(=O)O)C4)cc(Cl)c3o2)cccc1-c1cccc(N2CCC(NCC3(CO)CCC3)CC2)c1Cl. The minimum absolute atomic E-state index is 0.0940. The predicted octanol–water partition coefficient (Wildman–Crippen LogP) is 7.40. The number of halogens is 2. The monoisotopic (exact) mass is 676 g/mol. The largest absolute Gasteiger partial charge is 0.481 e. The van der Waals surface area contributed by atoms with Gasteiger partial charge >= 0.3 is 5.97 Å². The van der Waals surface area contributed by atoms with E-state index >= 15 is 0 Å². The van der Waals surface area contributed by atoms with Crippen LogP contribution in [-0.2, 0) is 11.3 Å². The summed E-state index contributed by atoms with van der Waals surface area (Å²) in [6.07, 6.45) is 6.20. The van der Waals surface area contributed by atoms with E-state index in [1.165, 1.54) is 6.42 Å². The van der Waals surface area contributed by atoms with Gasteiger partial charge in [0.1, 0.15) is 5.52 Å². The number of nitrogens with zero attached hydrogens (tertiary/aromatic N) is 3. The number of rotatable bonds is 10. The Morgan fingerprint density at radius 2 is 1.79 bits per heavy atom. The standard InChI is InChI=1S/C37H42Cl2N4O4/c1-23-27(29-7-3-8-32(33(29)39)43-15-10-26(11-16-43)40-21-37(22-44)12-4-13-37)5-2-6-28(23)35-41-31-18-24(17-30(38)34(31)47-35)19-42-14-9-25(20-42)36(45)46/h2-3,5-8,17-18,25-26,40,44H,4,9-16,19-22H2,1H3,(H,45,46)/t25-/m1/s1. The summed E-state index contributed by atoms with van der Waals surface area (Å²) in [5, 5.41) is 24.2. The molecule has 3 N–H and O–H groups in total. The molecule has 7 rings (SSSR count). The van der Waals surface area contributed by atoms with Gasteiger partial charge in [-0.25, -0.2) is 4.98 Å². The van der Waals surface area contributed by atoms with Crippen LogP contribution in [0.1, 0.15) is 49.7 Å². The molecule has 2 saturated heterocycles. The lowest BCUT2D eigenvalue weighted by Crippen LogP contribution is -2.49. The summed E-state index contributed by atoms with van der Waals surface area (Å²) in [6.45, 7) is 7.00. The van der Waals surface area contributed by atoms with E-state index in [4.69, 9.17) is 32.6 Å². The minimum Gasteiger partial charge on any atom is -0.481 e. The summed E-state index contributed by atoms with van der Waals surface area (Å²) in [4.78, 5) is 20.8. The van der Waals surface area contributed by atoms with Crippen molar-refractivity contribution in [3.8, 4) is 22.6 Å². The fraction of sp³-hybridized carbons (Fsp3) is 0.459. The summed E-state index contributed by atoms with van der Waals surface area (Å²) in [7, 11) is 0. The van der Waals surface area contributed by atoms with Gasteiger partial charge in [-0.3, -0.25) is 9.69 Å². The van der Waals surface area contributed by atoms with Crippen LogP contribution < -0.4 is 10.2 Å². The van der Waals surface area contributed by atoms with Crippen LogP contribution in [0.15, 0.2) is 52.9 Å². The lowest BCUT2D eigenvalue weighted by atomic mass is 9.69. The molecule has 8 nitrogen and oxygen atoms in total. The topological polar surface area (TPSA) is 102 Å². The first-order valence-corrected chi connectivity index (χ1v) is 17.5. The van der Waals surface area contributed by atoms with Crippen molar-refractivity contribution < 1.29 is 19.4 Å². The number of fused-ring (bicyclic) bond motifs is 1. The maximum Gasteiger partial charge on any atom is 0.307 e. The smallest absolute Gasteiger partial charge is 0.307 e. The molecule has 0 amide bonds. The molecule has 2 aliphatic heterocycles. The second-order valence-electron chi connectivity index (χ2n) is 13.8. The number of carboxylic acids is 1. The zero-order valence-electron chi connectivity index (χ0n) is 26.8. The number of carbonyl (C=O) groups is 1. The van der Waals surface area contributed by atoms with Crippen molar-refractivity contribution in [1.29, 1.82) is 0 Å². The van der Waals surface area contributed by atoms with E-state index in [9.17, 15) is 15.0 Å². The Balaban J connectivity index is 1.08. The third-order valence-corrected chi connectivity index (χ3v) is 11.4. The Morgan fingerprint density at radius 1 is 1.04 bits per heavy atom. The van der Waals surface area contributed by atoms with Crippen LogP contribution in [0.25, 0.3) is 33.7 Å². The summed E-state index contributed by atoms with van der Waals surface area (Å²) < 4.78 is 6.25. The number of aromatic nitrogens is 1. The molecule has 0 spiro atoms. The van der Waals surface area contributed by atoms with E-state index in [0.717, 1.165) is 90.4 Å². The molecule has 3 aromatic carbocycles. The number of nitrogens with one attached hydrogen (secondary N) is 1. The van der Waals surface area contributed by atoms with Crippen molar-refractivity contribution in [2.75, 3.05) is 44.2 Å². The molecule has 1 saturated carbocycles. The van der Waals surface area contributed by atoms with Crippen LogP contribution in [-0.4, -0.2) is 71.4 Å². The molecule has 0 radical (unpaired) electrons. The van der Waals surface area contributed by atoms with Crippen molar-refractivity contribution >= 4 is 46.0 Å². The van der Waals surface area contributed by atoms with Crippen molar-refractivity contribution in [2.45, 2.75) is 58.0 Å². The number of piperidine rings is 1. The number of aliphatic carboxylic acids is 1. The number of oxazole rings is 1. The molecular weight excluding hydrogens is 635 g/mol. The molecule has 0 bridgehead atoms. The average molecular weight is 678 g/mol. The number of likely N-dealkylation sites (tertiary alicyclic amines) is 1. The highest BCUT2D eigenvalue weighted by Crippen LogP contribution is 2.42. The van der Waals surface area contributed by atoms with Crippen molar-refractivity contribution in [3.05, 3.63) is 69.7 Å². The fourth-order valence-electron chi connectivity index (χ4n) is 7.57. The third-order valence-electron chi connectivity index (χ3n) is 10.7. The molecule has 0 unspecified atom stereocenters. The van der Waals surface area contributed by atoms with Crippen LogP contribution in [0, 0.1) is 18.3 Å². The van der Waals surface area contributed by atoms with Crippen molar-refractivity contribution in [1.82, 2.24) is 15.2 Å². The number of carboxylic acid groups (broad SMARTS) is 1. The third kappa shape index (κ3) is 6.51. The first-order valence-electron chi connectivity index (χ1n) is 16.8. The fourth-order valence-corrected chi connectivity index (χ4v) is 8.20. The Labute approximate surface area is 285 Å². The van der Waals surface area contributed by atoms with Crippen LogP contribution >= 0.6 is 23.2 Å². The molecule has 47 heavy (non-hydrogen) atoms. The minimum atomic E-state index is -0.738. The van der Waals surface area contributed by atoms with Gasteiger partial charge < -0.3 is 24.8 Å². The van der Waals surface area contributed by atoms with Gasteiger partial charge in [0.15, 0.2) is 5.58 Å². The highest BCUT2D eigenvalue weighted by atomic mass is 35.5.